The standard InChI is InChI=1S/C19H21N5O3S/c1-13-4-3-5-16(10-13)20-19(25)15-6-7-17-21-22-18(24(17)12-15)14-8-9-23(11-14)28(2,26)27/h3-7,10,12,14H,8-9,11H2,1-2H3,(H,20,25)/t14-/m0/s1. The number of hydrogen-bond donors (Lipinski definition) is 1. The molecular formula is C19H21N5O3S. The topological polar surface area (TPSA) is 96.7 Å². The lowest BCUT2D eigenvalue weighted by molar-refractivity contribution is 0.102. The van der Waals surface area contributed by atoms with Crippen LogP contribution >= 0.6 is 0 Å². The summed E-state index contributed by atoms with van der Waals surface area (Å²) in [5, 5.41) is 11.3. The summed E-state index contributed by atoms with van der Waals surface area (Å²) in [5.41, 5.74) is 2.90. The average Bonchev–Trinajstić information content (AvgIpc) is 3.27. The number of carbonyl (C=O) groups is 1. The van der Waals surface area contributed by atoms with Crippen LogP contribution < -0.4 is 5.32 Å². The highest BCUT2D eigenvalue weighted by Crippen LogP contribution is 2.28. The van der Waals surface area contributed by atoms with Gasteiger partial charge in [0.15, 0.2) is 5.65 Å². The van der Waals surface area contributed by atoms with E-state index in [1.165, 1.54) is 10.6 Å². The molecule has 9 heteroatoms. The van der Waals surface area contributed by atoms with Crippen molar-refractivity contribution in [1.82, 2.24) is 18.9 Å². The number of amides is 1. The van der Waals surface area contributed by atoms with E-state index in [1.54, 1.807) is 22.7 Å². The molecule has 0 bridgehead atoms. The molecule has 1 atom stereocenters. The second-order valence-electron chi connectivity index (χ2n) is 7.13. The Balaban J connectivity index is 1.60. The van der Waals surface area contributed by atoms with Crippen molar-refractivity contribution in [3.63, 3.8) is 0 Å². The Morgan fingerprint density at radius 2 is 2.04 bits per heavy atom. The van der Waals surface area contributed by atoms with Crippen molar-refractivity contribution >= 4 is 27.3 Å². The van der Waals surface area contributed by atoms with Crippen LogP contribution in [0, 0.1) is 6.92 Å². The molecule has 0 unspecified atom stereocenters. The summed E-state index contributed by atoms with van der Waals surface area (Å²) in [7, 11) is -3.23. The van der Waals surface area contributed by atoms with Crippen LogP contribution in [0.25, 0.3) is 5.65 Å². The molecule has 1 aliphatic rings. The molecule has 28 heavy (non-hydrogen) atoms. The Hall–Kier alpha value is -2.78. The first-order valence-electron chi connectivity index (χ1n) is 8.99. The molecule has 0 spiro atoms. The zero-order chi connectivity index (χ0) is 19.9. The van der Waals surface area contributed by atoms with Crippen LogP contribution in [-0.2, 0) is 10.0 Å². The van der Waals surface area contributed by atoms with Gasteiger partial charge >= 0.3 is 0 Å². The third-order valence-electron chi connectivity index (χ3n) is 4.95. The zero-order valence-electron chi connectivity index (χ0n) is 15.7. The Labute approximate surface area is 163 Å². The molecule has 2 aromatic heterocycles. The second-order valence-corrected chi connectivity index (χ2v) is 9.12. The first-order chi connectivity index (χ1) is 13.3. The van der Waals surface area contributed by atoms with Gasteiger partial charge in [0.2, 0.25) is 10.0 Å². The number of pyridine rings is 1. The molecule has 1 fully saturated rings. The lowest BCUT2D eigenvalue weighted by Gasteiger charge is -2.12. The van der Waals surface area contributed by atoms with Crippen molar-refractivity contribution in [2.24, 2.45) is 0 Å². The first-order valence-corrected chi connectivity index (χ1v) is 10.8. The van der Waals surface area contributed by atoms with Gasteiger partial charge in [-0.15, -0.1) is 10.2 Å². The molecule has 1 saturated heterocycles. The molecule has 0 aliphatic carbocycles. The van der Waals surface area contributed by atoms with Gasteiger partial charge in [0.25, 0.3) is 5.91 Å². The number of fused-ring (bicyclic) bond motifs is 1. The fraction of sp³-hybridized carbons (Fsp3) is 0.316. The number of nitrogens with zero attached hydrogens (tertiary/aromatic N) is 4. The summed E-state index contributed by atoms with van der Waals surface area (Å²) in [6.45, 7) is 2.80. The van der Waals surface area contributed by atoms with Gasteiger partial charge in [-0.2, -0.15) is 0 Å². The summed E-state index contributed by atoms with van der Waals surface area (Å²) < 4.78 is 26.8. The van der Waals surface area contributed by atoms with Gasteiger partial charge in [-0.05, 0) is 43.2 Å². The maximum absolute atomic E-state index is 12.7. The highest BCUT2D eigenvalue weighted by atomic mass is 32.2. The highest BCUT2D eigenvalue weighted by Gasteiger charge is 2.32. The molecule has 0 radical (unpaired) electrons. The number of hydrogen-bond acceptors (Lipinski definition) is 5. The van der Waals surface area contributed by atoms with E-state index >= 15 is 0 Å². The fourth-order valence-electron chi connectivity index (χ4n) is 3.49. The number of benzene rings is 1. The zero-order valence-corrected chi connectivity index (χ0v) is 16.5. The minimum atomic E-state index is -3.23. The van der Waals surface area contributed by atoms with Crippen molar-refractivity contribution in [1.29, 1.82) is 0 Å². The number of nitrogens with one attached hydrogen (secondary N) is 1. The summed E-state index contributed by atoms with van der Waals surface area (Å²) in [6, 6.07) is 11.0. The number of sulfonamides is 1. The molecule has 4 rings (SSSR count). The quantitative estimate of drug-likeness (QED) is 0.724. The van der Waals surface area contributed by atoms with Crippen LogP contribution in [0.2, 0.25) is 0 Å². The van der Waals surface area contributed by atoms with Gasteiger partial charge < -0.3 is 5.32 Å². The SMILES string of the molecule is Cc1cccc(NC(=O)c2ccc3nnc([C@H]4CCN(S(C)(=O)=O)C4)n3c2)c1. The molecule has 1 N–H and O–H groups in total. The number of rotatable bonds is 4. The lowest BCUT2D eigenvalue weighted by atomic mass is 10.1. The average molecular weight is 399 g/mol. The van der Waals surface area contributed by atoms with Crippen LogP contribution in [0.4, 0.5) is 5.69 Å². The van der Waals surface area contributed by atoms with Crippen molar-refractivity contribution < 1.29 is 13.2 Å². The molecule has 8 nitrogen and oxygen atoms in total. The van der Waals surface area contributed by atoms with E-state index in [0.29, 0.717) is 36.5 Å². The molecule has 1 aromatic carbocycles. The van der Waals surface area contributed by atoms with E-state index in [1.807, 2.05) is 31.2 Å². The van der Waals surface area contributed by atoms with Crippen molar-refractivity contribution in [3.8, 4) is 0 Å². The van der Waals surface area contributed by atoms with Gasteiger partial charge in [-0.3, -0.25) is 9.20 Å². The molecule has 3 aromatic rings. The Kier molecular flexibility index (Phi) is 4.64. The molecule has 146 valence electrons. The summed E-state index contributed by atoms with van der Waals surface area (Å²) >= 11 is 0. The highest BCUT2D eigenvalue weighted by molar-refractivity contribution is 7.88. The van der Waals surface area contributed by atoms with Gasteiger partial charge in [0.1, 0.15) is 5.82 Å². The molecule has 1 aliphatic heterocycles. The van der Waals surface area contributed by atoms with E-state index in [4.69, 9.17) is 0 Å². The van der Waals surface area contributed by atoms with Crippen molar-refractivity contribution in [2.45, 2.75) is 19.3 Å². The van der Waals surface area contributed by atoms with Gasteiger partial charge in [0, 0.05) is 30.9 Å². The smallest absolute Gasteiger partial charge is 0.257 e. The van der Waals surface area contributed by atoms with E-state index < -0.39 is 10.0 Å². The molecule has 1 amide bonds. The predicted octanol–water partition coefficient (Wildman–Crippen LogP) is 2.04. The molecular weight excluding hydrogens is 378 g/mol. The normalized spacial score (nSPS) is 17.9. The monoisotopic (exact) mass is 399 g/mol. The van der Waals surface area contributed by atoms with E-state index in [-0.39, 0.29) is 11.8 Å². The predicted molar refractivity (Wildman–Crippen MR) is 106 cm³/mol. The Morgan fingerprint density at radius 3 is 2.75 bits per heavy atom. The third kappa shape index (κ3) is 3.63. The van der Waals surface area contributed by atoms with E-state index in [2.05, 4.69) is 15.5 Å². The fourth-order valence-corrected chi connectivity index (χ4v) is 4.38. The van der Waals surface area contributed by atoms with Crippen molar-refractivity contribution in [2.75, 3.05) is 24.7 Å². The second kappa shape index (κ2) is 6.99. The minimum Gasteiger partial charge on any atom is -0.322 e. The summed E-state index contributed by atoms with van der Waals surface area (Å²) in [6.07, 6.45) is 3.59. The Morgan fingerprint density at radius 1 is 1.21 bits per heavy atom. The Bertz CT molecular complexity index is 1160. The van der Waals surface area contributed by atoms with Gasteiger partial charge in [-0.1, -0.05) is 12.1 Å². The van der Waals surface area contributed by atoms with Crippen LogP contribution in [0.3, 0.4) is 0 Å². The van der Waals surface area contributed by atoms with Crippen LogP contribution in [-0.4, -0.2) is 52.6 Å². The summed E-state index contributed by atoms with van der Waals surface area (Å²) in [5.74, 6) is 0.391. The molecule has 0 saturated carbocycles. The number of aryl methyl sites for hydroxylation is 1. The van der Waals surface area contributed by atoms with Crippen LogP contribution in [0.1, 0.15) is 34.1 Å². The maximum atomic E-state index is 12.7. The van der Waals surface area contributed by atoms with Crippen molar-refractivity contribution in [3.05, 3.63) is 59.5 Å². The van der Waals surface area contributed by atoms with Crippen LogP contribution in [0.5, 0.6) is 0 Å². The number of aromatic nitrogens is 3. The first kappa shape index (κ1) is 18.6. The molecule has 3 heterocycles. The number of carbonyl (C=O) groups excluding carboxylic acids is 1. The minimum absolute atomic E-state index is 0.0557. The number of anilines is 1. The van der Waals surface area contributed by atoms with E-state index in [0.717, 1.165) is 11.3 Å². The van der Waals surface area contributed by atoms with E-state index in [9.17, 15) is 13.2 Å². The summed E-state index contributed by atoms with van der Waals surface area (Å²) in [4.78, 5) is 12.7. The van der Waals surface area contributed by atoms with Gasteiger partial charge in [0.05, 0.1) is 11.8 Å². The van der Waals surface area contributed by atoms with Crippen LogP contribution in [0.15, 0.2) is 42.6 Å². The largest absolute Gasteiger partial charge is 0.322 e. The van der Waals surface area contributed by atoms with Gasteiger partial charge in [-0.25, -0.2) is 12.7 Å². The lowest BCUT2D eigenvalue weighted by Crippen LogP contribution is -2.27. The third-order valence-corrected chi connectivity index (χ3v) is 6.22. The maximum Gasteiger partial charge on any atom is 0.257 e.